The Labute approximate surface area is 166 Å². The van der Waals surface area contributed by atoms with Crippen LogP contribution in [0.1, 0.15) is 0 Å². The molecule has 3 aromatic carbocycles. The van der Waals surface area contributed by atoms with Gasteiger partial charge in [-0.25, -0.2) is 0 Å². The van der Waals surface area contributed by atoms with Crippen molar-refractivity contribution in [2.45, 2.75) is 9.79 Å². The van der Waals surface area contributed by atoms with E-state index in [-0.39, 0.29) is 12.5 Å². The fourth-order valence-corrected chi connectivity index (χ4v) is 3.39. The molecule has 0 aromatic heterocycles. The first-order chi connectivity index (χ1) is 12.6. The van der Waals surface area contributed by atoms with E-state index in [0.717, 1.165) is 15.5 Å². The number of hydrogen-bond donors (Lipinski definition) is 1. The van der Waals surface area contributed by atoms with Gasteiger partial charge in [0.25, 0.3) is 5.91 Å². The Bertz CT molecular complexity index is 900. The number of ether oxygens (including phenoxy) is 1. The summed E-state index contributed by atoms with van der Waals surface area (Å²) < 4.78 is 5.47. The molecule has 3 aromatic rings. The van der Waals surface area contributed by atoms with Gasteiger partial charge < -0.3 is 10.1 Å². The number of halogens is 2. The summed E-state index contributed by atoms with van der Waals surface area (Å²) in [6.07, 6.45) is 0. The average molecular weight is 404 g/mol. The average Bonchev–Trinajstić information content (AvgIpc) is 2.64. The van der Waals surface area contributed by atoms with Crippen LogP contribution in [-0.2, 0) is 4.79 Å². The number of hydrogen-bond acceptors (Lipinski definition) is 3. The minimum absolute atomic E-state index is 0.0969. The lowest BCUT2D eigenvalue weighted by atomic mass is 10.3. The molecular formula is C20H15Cl2NO2S. The Balaban J connectivity index is 1.63. The maximum absolute atomic E-state index is 12.2. The van der Waals surface area contributed by atoms with Crippen LogP contribution >= 0.6 is 35.0 Å². The molecule has 0 bridgehead atoms. The van der Waals surface area contributed by atoms with E-state index >= 15 is 0 Å². The van der Waals surface area contributed by atoms with Crippen LogP contribution in [0.2, 0.25) is 10.0 Å². The highest BCUT2D eigenvalue weighted by atomic mass is 35.5. The van der Waals surface area contributed by atoms with Crippen molar-refractivity contribution in [3.05, 3.63) is 82.8 Å². The van der Waals surface area contributed by atoms with Crippen molar-refractivity contribution < 1.29 is 9.53 Å². The fourth-order valence-electron chi connectivity index (χ4n) is 2.18. The first-order valence-electron chi connectivity index (χ1n) is 7.81. The minimum Gasteiger partial charge on any atom is -0.484 e. The van der Waals surface area contributed by atoms with Crippen LogP contribution in [0.25, 0.3) is 0 Å². The van der Waals surface area contributed by atoms with E-state index < -0.39 is 0 Å². The number of benzene rings is 3. The smallest absolute Gasteiger partial charge is 0.262 e. The summed E-state index contributed by atoms with van der Waals surface area (Å²) in [5, 5.41) is 4.13. The zero-order valence-electron chi connectivity index (χ0n) is 13.6. The maximum atomic E-state index is 12.2. The molecule has 0 spiro atoms. The Kier molecular flexibility index (Phi) is 6.45. The topological polar surface area (TPSA) is 38.3 Å². The largest absolute Gasteiger partial charge is 0.484 e. The SMILES string of the molecule is O=C(COc1cccc(Cl)c1)Nc1ccccc1Sc1ccc(Cl)cc1. The minimum atomic E-state index is -0.242. The van der Waals surface area contributed by atoms with Gasteiger partial charge in [-0.2, -0.15) is 0 Å². The number of nitrogens with one attached hydrogen (secondary N) is 1. The summed E-state index contributed by atoms with van der Waals surface area (Å²) in [6.45, 7) is -0.0969. The Morgan fingerprint density at radius 2 is 1.69 bits per heavy atom. The van der Waals surface area contributed by atoms with Gasteiger partial charge in [0.05, 0.1) is 5.69 Å². The summed E-state index contributed by atoms with van der Waals surface area (Å²) >= 11 is 13.4. The predicted molar refractivity (Wildman–Crippen MR) is 108 cm³/mol. The lowest BCUT2D eigenvalue weighted by Crippen LogP contribution is -2.20. The van der Waals surface area contributed by atoms with Gasteiger partial charge in [0, 0.05) is 19.8 Å². The highest BCUT2D eigenvalue weighted by Gasteiger charge is 2.09. The number of carbonyl (C=O) groups is 1. The molecule has 1 N–H and O–H groups in total. The van der Waals surface area contributed by atoms with E-state index in [9.17, 15) is 4.79 Å². The van der Waals surface area contributed by atoms with E-state index in [1.807, 2.05) is 48.5 Å². The van der Waals surface area contributed by atoms with Gasteiger partial charge in [-0.15, -0.1) is 0 Å². The van der Waals surface area contributed by atoms with Crippen molar-refractivity contribution in [3.63, 3.8) is 0 Å². The van der Waals surface area contributed by atoms with Crippen molar-refractivity contribution in [1.82, 2.24) is 0 Å². The second-order valence-corrected chi connectivity index (χ2v) is 7.33. The maximum Gasteiger partial charge on any atom is 0.262 e. The number of carbonyl (C=O) groups excluding carboxylic acids is 1. The van der Waals surface area contributed by atoms with E-state index in [1.54, 1.807) is 36.0 Å². The van der Waals surface area contributed by atoms with Crippen LogP contribution in [0.5, 0.6) is 5.75 Å². The second kappa shape index (κ2) is 8.99. The zero-order valence-corrected chi connectivity index (χ0v) is 15.9. The molecular weight excluding hydrogens is 389 g/mol. The van der Waals surface area contributed by atoms with Crippen molar-refractivity contribution in [2.24, 2.45) is 0 Å². The molecule has 3 rings (SSSR count). The highest BCUT2D eigenvalue weighted by molar-refractivity contribution is 7.99. The summed E-state index contributed by atoms with van der Waals surface area (Å²) in [5.41, 5.74) is 0.729. The molecule has 0 saturated carbocycles. The number of para-hydroxylation sites is 1. The van der Waals surface area contributed by atoms with Crippen LogP contribution in [0.3, 0.4) is 0 Å². The Morgan fingerprint density at radius 1 is 0.923 bits per heavy atom. The Hall–Kier alpha value is -2.14. The van der Waals surface area contributed by atoms with Crippen molar-refractivity contribution in [3.8, 4) is 5.75 Å². The van der Waals surface area contributed by atoms with E-state index in [4.69, 9.17) is 27.9 Å². The van der Waals surface area contributed by atoms with Crippen molar-refractivity contribution in [2.75, 3.05) is 11.9 Å². The zero-order chi connectivity index (χ0) is 18.4. The molecule has 0 saturated heterocycles. The number of rotatable bonds is 6. The van der Waals surface area contributed by atoms with Gasteiger partial charge in [-0.05, 0) is 54.6 Å². The van der Waals surface area contributed by atoms with Gasteiger partial charge in [-0.3, -0.25) is 4.79 Å². The highest BCUT2D eigenvalue weighted by Crippen LogP contribution is 2.33. The molecule has 3 nitrogen and oxygen atoms in total. The quantitative estimate of drug-likeness (QED) is 0.535. The number of amides is 1. The normalized spacial score (nSPS) is 10.4. The van der Waals surface area contributed by atoms with Gasteiger partial charge in [0.2, 0.25) is 0 Å². The molecule has 0 heterocycles. The molecule has 0 atom stereocenters. The van der Waals surface area contributed by atoms with E-state index in [0.29, 0.717) is 15.8 Å². The molecule has 1 amide bonds. The lowest BCUT2D eigenvalue weighted by Gasteiger charge is -2.11. The molecule has 6 heteroatoms. The molecule has 0 radical (unpaired) electrons. The summed E-state index contributed by atoms with van der Waals surface area (Å²) in [6, 6.07) is 22.1. The van der Waals surface area contributed by atoms with Gasteiger partial charge in [0.1, 0.15) is 5.75 Å². The third-order valence-corrected chi connectivity index (χ3v) is 4.94. The van der Waals surface area contributed by atoms with Gasteiger partial charge >= 0.3 is 0 Å². The lowest BCUT2D eigenvalue weighted by molar-refractivity contribution is -0.118. The van der Waals surface area contributed by atoms with Crippen LogP contribution in [0.4, 0.5) is 5.69 Å². The van der Waals surface area contributed by atoms with Crippen LogP contribution < -0.4 is 10.1 Å². The molecule has 0 aliphatic heterocycles. The molecule has 0 aliphatic rings. The van der Waals surface area contributed by atoms with Crippen LogP contribution in [-0.4, -0.2) is 12.5 Å². The summed E-state index contributed by atoms with van der Waals surface area (Å²) in [4.78, 5) is 14.2. The predicted octanol–water partition coefficient (Wildman–Crippen LogP) is 6.16. The van der Waals surface area contributed by atoms with Crippen molar-refractivity contribution >= 4 is 46.6 Å². The Morgan fingerprint density at radius 3 is 2.46 bits per heavy atom. The third kappa shape index (κ3) is 5.43. The molecule has 132 valence electrons. The third-order valence-electron chi connectivity index (χ3n) is 3.37. The van der Waals surface area contributed by atoms with E-state index in [1.165, 1.54) is 0 Å². The second-order valence-electron chi connectivity index (χ2n) is 5.35. The van der Waals surface area contributed by atoms with Crippen molar-refractivity contribution in [1.29, 1.82) is 0 Å². The molecule has 0 fully saturated rings. The van der Waals surface area contributed by atoms with Crippen LogP contribution in [0, 0.1) is 0 Å². The first-order valence-corrected chi connectivity index (χ1v) is 9.38. The summed E-state index contributed by atoms with van der Waals surface area (Å²) in [5.74, 6) is 0.311. The molecule has 0 aliphatic carbocycles. The van der Waals surface area contributed by atoms with Gasteiger partial charge in [-0.1, -0.05) is 53.2 Å². The van der Waals surface area contributed by atoms with Gasteiger partial charge in [0.15, 0.2) is 6.61 Å². The van der Waals surface area contributed by atoms with E-state index in [2.05, 4.69) is 5.32 Å². The summed E-state index contributed by atoms with van der Waals surface area (Å²) in [7, 11) is 0. The standard InChI is InChI=1S/C20H15Cl2NO2S/c21-14-8-10-17(11-9-14)26-19-7-2-1-6-18(19)23-20(24)13-25-16-5-3-4-15(22)12-16/h1-12H,13H2,(H,23,24). The molecule has 0 unspecified atom stereocenters. The fraction of sp³-hybridized carbons (Fsp3) is 0.0500. The van der Waals surface area contributed by atoms with Crippen LogP contribution in [0.15, 0.2) is 82.6 Å². The number of anilines is 1. The first kappa shape index (κ1) is 18.6. The monoisotopic (exact) mass is 403 g/mol. The molecule has 26 heavy (non-hydrogen) atoms.